The first kappa shape index (κ1) is 41.8. The molecule has 0 saturated heterocycles. The molecule has 0 aliphatic heterocycles. The molecule has 0 bridgehead atoms. The van der Waals surface area contributed by atoms with Crippen LogP contribution in [0.2, 0.25) is 0 Å². The van der Waals surface area contributed by atoms with E-state index in [4.69, 9.17) is 4.65 Å². The number of allylic oxidation sites excluding steroid dienone is 4. The number of hydrogen-bond acceptors (Lipinski definition) is 0. The zero-order chi connectivity index (χ0) is 33.8. The molecule has 0 heterocycles. The Bertz CT molecular complexity index is 1470. The van der Waals surface area contributed by atoms with Gasteiger partial charge in [-0.1, -0.05) is 124 Å². The van der Waals surface area contributed by atoms with Crippen LogP contribution in [0.4, 0.5) is 25.2 Å². The molecule has 5 aromatic rings. The minimum absolute atomic E-state index is 0. The molecule has 0 aromatic heterocycles. The molecule has 1 nitrogen and oxygen atoms in total. The summed E-state index contributed by atoms with van der Waals surface area (Å²) in [6, 6.07) is 53.6. The van der Waals surface area contributed by atoms with Crippen molar-refractivity contribution in [3.8, 4) is 0 Å². The van der Waals surface area contributed by atoms with Crippen molar-refractivity contribution in [2.24, 2.45) is 0 Å². The van der Waals surface area contributed by atoms with Crippen LogP contribution in [0.1, 0.15) is 0 Å². The monoisotopic (exact) mass is 785 g/mol. The van der Waals surface area contributed by atoms with Gasteiger partial charge in [0.1, 0.15) is 15.9 Å². The Kier molecular flexibility index (Phi) is 18.0. The van der Waals surface area contributed by atoms with Crippen molar-refractivity contribution in [3.05, 3.63) is 189 Å². The van der Waals surface area contributed by atoms with Crippen LogP contribution in [0.5, 0.6) is 0 Å². The predicted octanol–water partition coefficient (Wildman–Crippen LogP) is 9.36. The van der Waals surface area contributed by atoms with Crippen molar-refractivity contribution in [2.75, 3.05) is 0 Å². The van der Waals surface area contributed by atoms with Gasteiger partial charge in [-0.3, -0.25) is 0 Å². The second-order valence-corrected chi connectivity index (χ2v) is 14.8. The average Bonchev–Trinajstić information content (AvgIpc) is 3.65. The quantitative estimate of drug-likeness (QED) is 0.0557. The summed E-state index contributed by atoms with van der Waals surface area (Å²) in [6.45, 7) is 4.50. The van der Waals surface area contributed by atoms with E-state index in [1.807, 2.05) is 0 Å². The summed E-state index contributed by atoms with van der Waals surface area (Å²) in [6.07, 6.45) is 12.0. The summed E-state index contributed by atoms with van der Waals surface area (Å²) in [4.78, 5) is 0. The van der Waals surface area contributed by atoms with E-state index in [-0.39, 0.29) is 19.5 Å². The maximum atomic E-state index is 9.87. The number of halogens is 6. The molecule has 6 radical (unpaired) electrons. The first-order chi connectivity index (χ1) is 21.8. The van der Waals surface area contributed by atoms with E-state index in [2.05, 4.69) is 183 Å². The molecule has 0 N–H and O–H groups in total. The van der Waals surface area contributed by atoms with E-state index >= 15 is 0 Å². The predicted molar refractivity (Wildman–Crippen MR) is 182 cm³/mol. The molecule has 0 amide bonds. The molecule has 47 heavy (non-hydrogen) atoms. The van der Waals surface area contributed by atoms with Crippen molar-refractivity contribution in [2.45, 2.75) is 0 Å². The van der Waals surface area contributed by atoms with Gasteiger partial charge >= 0.3 is 63.8 Å². The minimum atomic E-state index is -10.7. The maximum Gasteiger partial charge on any atom is 1.00 e. The Morgan fingerprint density at radius 2 is 0.702 bits per heavy atom. The summed E-state index contributed by atoms with van der Waals surface area (Å²) in [5, 5.41) is 7.10. The van der Waals surface area contributed by atoms with Gasteiger partial charge in [-0.15, -0.1) is 0 Å². The summed E-state index contributed by atoms with van der Waals surface area (Å²) in [5.41, 5.74) is 0. The Morgan fingerprint density at radius 3 is 0.915 bits per heavy atom. The van der Waals surface area contributed by atoms with Crippen LogP contribution < -0.4 is 26.5 Å². The van der Waals surface area contributed by atoms with Crippen LogP contribution in [0.15, 0.2) is 152 Å². The van der Waals surface area contributed by atoms with E-state index in [0.717, 1.165) is 8.58 Å². The number of benzene rings is 5. The van der Waals surface area contributed by atoms with E-state index in [1.54, 1.807) is 6.42 Å². The molecule has 0 unspecified atom stereocenters. The SMILES string of the molecule is F[P-](F)(F)(F)(F)F.[C-]#[O+].[C]1=[C][CH][C]=[C]1.[Ru+].c1ccc(Pc2ccccc2)cc1.c1ccc([PH+](c2ccccc2)c2ccccc2)cc1. The van der Waals surface area contributed by atoms with Gasteiger partial charge < -0.3 is 0 Å². The number of hydrogen-bond donors (Lipinski definition) is 0. The smallest absolute Gasteiger partial charge is 0.0622 e. The molecule has 0 fully saturated rings. The third-order valence-electron chi connectivity index (χ3n) is 5.37. The fourth-order valence-corrected chi connectivity index (χ4v) is 7.33. The summed E-state index contributed by atoms with van der Waals surface area (Å²) >= 11 is 0. The normalized spacial score (nSPS) is 12.4. The molecule has 5 aromatic carbocycles. The average molecular weight is 785 g/mol. The Hall–Kier alpha value is -3.19. The molecule has 1 aliphatic carbocycles. The molecule has 0 atom stereocenters. The van der Waals surface area contributed by atoms with Gasteiger partial charge in [-0.05, 0) is 71.3 Å². The van der Waals surface area contributed by atoms with Crippen LogP contribution in [-0.2, 0) is 24.1 Å². The maximum absolute atomic E-state index is 10.7. The molecule has 242 valence electrons. The molecular formula is C36H28F6OP3Ru+. The summed E-state index contributed by atoms with van der Waals surface area (Å²) in [7, 11) is -10.8. The molecule has 11 heteroatoms. The van der Waals surface area contributed by atoms with Crippen LogP contribution in [-0.4, -0.2) is 0 Å². The Morgan fingerprint density at radius 1 is 0.468 bits per heavy atom. The zero-order valence-corrected chi connectivity index (χ0v) is 29.1. The van der Waals surface area contributed by atoms with Crippen molar-refractivity contribution in [3.63, 3.8) is 0 Å². The van der Waals surface area contributed by atoms with E-state index < -0.39 is 15.7 Å². The second-order valence-electron chi connectivity index (χ2n) is 8.97. The van der Waals surface area contributed by atoms with Crippen LogP contribution in [0.3, 0.4) is 0 Å². The van der Waals surface area contributed by atoms with Crippen LogP contribution in [0.25, 0.3) is 0 Å². The van der Waals surface area contributed by atoms with Gasteiger partial charge in [0, 0.05) is 6.42 Å². The van der Waals surface area contributed by atoms with Gasteiger partial charge in [0.05, 0.1) is 7.92 Å². The van der Waals surface area contributed by atoms with Crippen molar-refractivity contribution >= 4 is 50.8 Å². The van der Waals surface area contributed by atoms with Gasteiger partial charge in [0.15, 0.2) is 0 Å². The summed E-state index contributed by atoms with van der Waals surface area (Å²) in [5.74, 6) is 0. The second kappa shape index (κ2) is 20.2. The molecule has 1 aliphatic rings. The van der Waals surface area contributed by atoms with Gasteiger partial charge in [-0.2, -0.15) is 0 Å². The first-order valence-electron chi connectivity index (χ1n) is 13.3. The Labute approximate surface area is 288 Å². The fraction of sp³-hybridized carbons (Fsp3) is 0. The van der Waals surface area contributed by atoms with Crippen molar-refractivity contribution in [1.82, 2.24) is 0 Å². The third kappa shape index (κ3) is 21.3. The molecule has 0 saturated carbocycles. The Balaban J connectivity index is 0.000000341. The summed E-state index contributed by atoms with van der Waals surface area (Å²) < 4.78 is 66.7. The van der Waals surface area contributed by atoms with E-state index in [9.17, 15) is 25.2 Å². The van der Waals surface area contributed by atoms with Crippen LogP contribution >= 0.6 is 24.3 Å². The fourth-order valence-electron chi connectivity index (χ4n) is 3.70. The molecule has 6 rings (SSSR count). The van der Waals surface area contributed by atoms with Crippen molar-refractivity contribution < 1.29 is 49.3 Å². The van der Waals surface area contributed by atoms with E-state index in [0.29, 0.717) is 0 Å². The number of rotatable bonds is 5. The van der Waals surface area contributed by atoms with Crippen LogP contribution in [0, 0.1) is 37.4 Å². The van der Waals surface area contributed by atoms with Gasteiger partial charge in [0.25, 0.3) is 0 Å². The van der Waals surface area contributed by atoms with E-state index in [1.165, 1.54) is 26.5 Å². The standard InChI is InChI=1S/C18H15P.C12H11P.C5H.CO.F6P.Ru/c1-4-10-16(11-5-1)19(17-12-6-2-7-13-17)18-14-8-3-9-15-18;1-3-7-11(8-4-1)13-12-9-5-2-6-10-12;1-2-4-5-3-1;1-2;1-7(2,3,4,5)6;/h1-15H;1-10,13H;1H;;;/q;;;;-1;+1/p+1. The van der Waals surface area contributed by atoms with Crippen molar-refractivity contribution in [1.29, 1.82) is 0 Å². The largest absolute Gasteiger partial charge is 1.00 e. The molecule has 0 spiro atoms. The third-order valence-corrected chi connectivity index (χ3v) is 9.35. The van der Waals surface area contributed by atoms with Gasteiger partial charge in [-0.25, -0.2) is 0 Å². The topological polar surface area (TPSA) is 19.9 Å². The zero-order valence-electron chi connectivity index (χ0n) is 24.5. The first-order valence-corrected chi connectivity index (χ1v) is 17.9. The minimum Gasteiger partial charge on any atom is -0.0622 e. The van der Waals surface area contributed by atoms with Gasteiger partial charge in [0.2, 0.25) is 0 Å². The molecular weight excluding hydrogens is 756 g/mol.